The molecule has 0 aromatic heterocycles. The van der Waals surface area contributed by atoms with Gasteiger partial charge < -0.3 is 74.5 Å². The molecule has 4 aliphatic carbocycles. The number of carbonyl (C=O) groups is 7. The van der Waals surface area contributed by atoms with E-state index in [2.05, 4.69) is 0 Å². The van der Waals surface area contributed by atoms with Crippen molar-refractivity contribution in [3.63, 3.8) is 0 Å². The lowest BCUT2D eigenvalue weighted by atomic mass is 9.73. The summed E-state index contributed by atoms with van der Waals surface area (Å²) < 4.78 is 87.9. The number of carbonyl (C=O) groups excluding carboxylic acids is 7. The number of hydrogen-bond donors (Lipinski definition) is 7. The number of halogens is 3. The topological polar surface area (TPSA) is 333 Å². The van der Waals surface area contributed by atoms with Gasteiger partial charge in [-0.1, -0.05) is 98.8 Å². The van der Waals surface area contributed by atoms with Crippen LogP contribution < -0.4 is 25.3 Å². The molecule has 2 aliphatic heterocycles. The van der Waals surface area contributed by atoms with Crippen molar-refractivity contribution in [3.05, 3.63) is 175 Å². The number of phenols is 3. The average molecular weight is 1370 g/mol. The van der Waals surface area contributed by atoms with E-state index in [1.165, 1.54) is 38.5 Å². The molecule has 0 saturated carbocycles. The lowest BCUT2D eigenvalue weighted by Gasteiger charge is -2.42. The summed E-state index contributed by atoms with van der Waals surface area (Å²) in [4.78, 5) is 95.1. The number of amides is 1. The highest BCUT2D eigenvalue weighted by atomic mass is 19.4. The van der Waals surface area contributed by atoms with E-state index in [0.29, 0.717) is 12.0 Å². The molecule has 99 heavy (non-hydrogen) atoms. The van der Waals surface area contributed by atoms with Gasteiger partial charge in [0.1, 0.15) is 53.3 Å². The Balaban J connectivity index is 0.000000215. The van der Waals surface area contributed by atoms with Gasteiger partial charge in [0.15, 0.2) is 35.7 Å². The molecular weight excluding hydrogens is 1290 g/mol. The number of aliphatic hydroxyl groups is 2. The number of ether oxygens (including phenoxy) is 8. The molecule has 12 rings (SSSR count). The van der Waals surface area contributed by atoms with Gasteiger partial charge in [-0.15, -0.1) is 0 Å². The molecule has 2 fully saturated rings. The van der Waals surface area contributed by atoms with E-state index in [-0.39, 0.29) is 112 Å². The first kappa shape index (κ1) is 71.4. The number of nitrogens with two attached hydrogens (primary N) is 1. The molecule has 0 bridgehead atoms. The summed E-state index contributed by atoms with van der Waals surface area (Å²) in [6.07, 6.45) is -11.7. The second kappa shape index (κ2) is 28.7. The summed E-state index contributed by atoms with van der Waals surface area (Å²) in [5, 5.41) is 57.6. The minimum Gasteiger partial charge on any atom is -0.507 e. The highest BCUT2D eigenvalue weighted by Crippen LogP contribution is 2.55. The number of methoxy groups -OCH3 is 2. The van der Waals surface area contributed by atoms with Crippen molar-refractivity contribution in [2.24, 2.45) is 23.5 Å². The van der Waals surface area contributed by atoms with Gasteiger partial charge >= 0.3 is 12.1 Å². The van der Waals surface area contributed by atoms with Crippen molar-refractivity contribution in [1.82, 2.24) is 5.32 Å². The second-order valence-corrected chi connectivity index (χ2v) is 25.6. The molecule has 524 valence electrons. The van der Waals surface area contributed by atoms with E-state index in [9.17, 15) is 72.3 Å². The highest BCUT2D eigenvalue weighted by Gasteiger charge is 2.50. The van der Waals surface area contributed by atoms with E-state index in [1.54, 1.807) is 39.8 Å². The first-order valence-electron chi connectivity index (χ1n) is 32.8. The number of alkyl halides is 3. The number of Topliss-reactive ketones (excluding diaryl/α,β-unsaturated/α-hetero) is 2. The van der Waals surface area contributed by atoms with Crippen molar-refractivity contribution in [1.29, 1.82) is 0 Å². The summed E-state index contributed by atoms with van der Waals surface area (Å²) in [6, 6.07) is 26.3. The van der Waals surface area contributed by atoms with Crippen LogP contribution in [0.1, 0.15) is 176 Å². The molecule has 1 amide bonds. The van der Waals surface area contributed by atoms with Crippen LogP contribution in [0, 0.1) is 17.8 Å². The number of benzene rings is 6. The SMILES string of the molecule is CCC(OCC(=O)[C@@H]1Cc2c(O)c3c(c(O)c2[C@@H](O[C@H]2C[C@H](NC(=O)C(F)(F)F)[C@@H](C)[C@H](C)O2)C1)C(=O)c1c(OC)cccc1C3=O)(c1ccccc1)c1ccccc1.CCOc1c2c(c(O)c3c1C(=O)c1cccc(OC)c1C3=O)[C@@H](O[C@H]1C[C@H](N)[C@@H](O)[C@H](C)O1)C[C@H](C(=O)CO)C2. The molecule has 22 nitrogen and oxygen atoms in total. The normalized spacial score (nSPS) is 24.7. The maximum absolute atomic E-state index is 14.4. The maximum Gasteiger partial charge on any atom is 0.471 e. The van der Waals surface area contributed by atoms with E-state index in [1.807, 2.05) is 72.9 Å². The largest absolute Gasteiger partial charge is 0.507 e. The molecule has 0 spiro atoms. The molecule has 2 saturated heterocycles. The Hall–Kier alpha value is -8.92. The van der Waals surface area contributed by atoms with Crippen molar-refractivity contribution in [2.45, 2.75) is 147 Å². The Bertz CT molecular complexity index is 4110. The molecule has 8 N–H and O–H groups in total. The number of phenolic OH excluding ortho intramolecular Hbond substituents is 3. The van der Waals surface area contributed by atoms with Gasteiger partial charge in [0.05, 0.1) is 84.7 Å². The highest BCUT2D eigenvalue weighted by molar-refractivity contribution is 6.32. The van der Waals surface area contributed by atoms with Gasteiger partial charge in [0.25, 0.3) is 0 Å². The minimum absolute atomic E-state index is 0.0182. The monoisotopic (exact) mass is 1370 g/mol. The fraction of sp³-hybridized carbons (Fsp3) is 0.419. The van der Waals surface area contributed by atoms with Gasteiger partial charge in [-0.3, -0.25) is 33.6 Å². The molecule has 2 heterocycles. The van der Waals surface area contributed by atoms with E-state index < -0.39 is 167 Å². The Morgan fingerprint density at radius 1 is 0.606 bits per heavy atom. The van der Waals surface area contributed by atoms with Gasteiger partial charge in [-0.2, -0.15) is 13.2 Å². The molecule has 25 heteroatoms. The molecule has 6 aliphatic rings. The summed E-state index contributed by atoms with van der Waals surface area (Å²) in [5.41, 5.74) is 5.89. The predicted octanol–water partition coefficient (Wildman–Crippen LogP) is 8.84. The summed E-state index contributed by atoms with van der Waals surface area (Å²) >= 11 is 0. The van der Waals surface area contributed by atoms with Crippen LogP contribution in [0.15, 0.2) is 97.1 Å². The van der Waals surface area contributed by atoms with Crippen LogP contribution in [0.4, 0.5) is 13.2 Å². The third-order valence-corrected chi connectivity index (χ3v) is 20.0. The molecule has 6 aromatic rings. The van der Waals surface area contributed by atoms with Crippen LogP contribution in [0.3, 0.4) is 0 Å². The van der Waals surface area contributed by atoms with Crippen LogP contribution in [-0.4, -0.2) is 149 Å². The van der Waals surface area contributed by atoms with Gasteiger partial charge in [0.2, 0.25) is 11.6 Å². The van der Waals surface area contributed by atoms with Crippen LogP contribution in [0.25, 0.3) is 0 Å². The zero-order chi connectivity index (χ0) is 71.3. The van der Waals surface area contributed by atoms with E-state index in [4.69, 9.17) is 43.6 Å². The lowest BCUT2D eigenvalue weighted by molar-refractivity contribution is -0.243. The molecule has 0 unspecified atom stereocenters. The second-order valence-electron chi connectivity index (χ2n) is 25.6. The van der Waals surface area contributed by atoms with Crippen LogP contribution >= 0.6 is 0 Å². The van der Waals surface area contributed by atoms with E-state index in [0.717, 1.165) is 11.1 Å². The zero-order valence-electron chi connectivity index (χ0n) is 55.3. The predicted molar refractivity (Wildman–Crippen MR) is 346 cm³/mol. The molecular formula is C74H77F3N2O20. The average Bonchev–Trinajstić information content (AvgIpc) is 0.731. The lowest BCUT2D eigenvalue weighted by Crippen LogP contribution is -2.53. The Kier molecular flexibility index (Phi) is 20.7. The Morgan fingerprint density at radius 3 is 1.60 bits per heavy atom. The van der Waals surface area contributed by atoms with Crippen molar-refractivity contribution >= 4 is 40.6 Å². The number of aromatic hydroxyl groups is 3. The number of fused-ring (bicyclic) bond motifs is 6. The van der Waals surface area contributed by atoms with Gasteiger partial charge in [0, 0.05) is 76.1 Å². The van der Waals surface area contributed by atoms with E-state index >= 15 is 0 Å². The number of rotatable bonds is 18. The van der Waals surface area contributed by atoms with Gasteiger partial charge in [-0.05, 0) is 76.1 Å². The number of nitrogens with one attached hydrogen (secondary N) is 1. The zero-order valence-corrected chi connectivity index (χ0v) is 55.3. The molecule has 0 radical (unpaired) electrons. The smallest absolute Gasteiger partial charge is 0.471 e. The van der Waals surface area contributed by atoms with Crippen molar-refractivity contribution < 1.29 is 110 Å². The number of hydrogen-bond acceptors (Lipinski definition) is 21. The first-order valence-corrected chi connectivity index (χ1v) is 32.8. The van der Waals surface area contributed by atoms with Gasteiger partial charge in [-0.25, -0.2) is 0 Å². The minimum atomic E-state index is -5.14. The fourth-order valence-electron chi connectivity index (χ4n) is 14.7. The third kappa shape index (κ3) is 13.1. The first-order chi connectivity index (χ1) is 47.2. The standard InChI is InChI=1S/C45H44F3NO10.C29H33NO10/c1-5-44(26-13-8-6-9-14-26,27-15-10-7-11-16-27)57-22-31(50)25-19-29-36(33(20-25)59-34-21-30(23(2)24(3)58-34)49-43(55)45(46,47)48)42(54)38-37(40(29)52)39(51)28-17-12-18-32(56-4)35(28)41(38)53;1-4-38-29-15-8-13(17(32)11-31)9-19(40-20-10-16(30)25(33)12(2)39-20)22(15)28(36)23-24(29)26(34)14-6-5-7-18(37-3)21(14)27(23)35/h6-18,23-25,30,33-34,52,54H,5,19-22H2,1-4H3,(H,49,55);5-7,12-13,16,19-20,25,31,33,36H,4,8-11,30H2,1-3H3/t23-,24-,25+,30-,33-,34-;12-,13+,16-,19-,20-,25-/m00/s1. The number of ketones is 6. The van der Waals surface area contributed by atoms with Crippen LogP contribution in [0.5, 0.6) is 34.5 Å². The van der Waals surface area contributed by atoms with Crippen molar-refractivity contribution in [2.75, 3.05) is 34.0 Å². The summed E-state index contributed by atoms with van der Waals surface area (Å²) in [6.45, 7) is 7.59. The summed E-state index contributed by atoms with van der Waals surface area (Å²) in [7, 11) is 2.70. The molecule has 12 atom stereocenters. The van der Waals surface area contributed by atoms with Crippen LogP contribution in [-0.2, 0) is 56.5 Å². The quantitative estimate of drug-likeness (QED) is 0.0394. The third-order valence-electron chi connectivity index (χ3n) is 20.0. The van der Waals surface area contributed by atoms with Crippen molar-refractivity contribution in [3.8, 4) is 34.5 Å². The van der Waals surface area contributed by atoms with Crippen LogP contribution in [0.2, 0.25) is 0 Å². The summed E-state index contributed by atoms with van der Waals surface area (Å²) in [5.74, 6) is -9.26. The Morgan fingerprint density at radius 2 is 1.09 bits per heavy atom. The molecule has 6 aromatic carbocycles. The fourth-order valence-corrected chi connectivity index (χ4v) is 14.7. The number of aliphatic hydroxyl groups excluding tert-OH is 2. The Labute approximate surface area is 567 Å². The maximum atomic E-state index is 14.4.